The summed E-state index contributed by atoms with van der Waals surface area (Å²) in [5.74, 6) is -1.94. The molecule has 0 aliphatic rings. The van der Waals surface area contributed by atoms with Gasteiger partial charge in [-0.05, 0) is 26.0 Å². The van der Waals surface area contributed by atoms with Crippen molar-refractivity contribution in [3.63, 3.8) is 0 Å². The molecule has 0 saturated heterocycles. The second-order valence-electron chi connectivity index (χ2n) is 3.64. The summed E-state index contributed by atoms with van der Waals surface area (Å²) in [7, 11) is 1.74. The van der Waals surface area contributed by atoms with E-state index in [9.17, 15) is 9.18 Å². The number of carboxylic acid groups (broad SMARTS) is 1. The van der Waals surface area contributed by atoms with Crippen molar-refractivity contribution in [1.82, 2.24) is 0 Å². The summed E-state index contributed by atoms with van der Waals surface area (Å²) in [6, 6.07) is 4.38. The Kier molecular flexibility index (Phi) is 3.29. The number of halogens is 1. The lowest BCUT2D eigenvalue weighted by Crippen LogP contribution is -2.27. The van der Waals surface area contributed by atoms with E-state index in [4.69, 9.17) is 5.11 Å². The van der Waals surface area contributed by atoms with Gasteiger partial charge in [-0.2, -0.15) is 0 Å². The molecule has 0 atom stereocenters. The average Bonchev–Trinajstić information content (AvgIpc) is 2.15. The molecule has 1 rings (SSSR count). The third-order valence-corrected chi connectivity index (χ3v) is 2.36. The molecule has 0 spiro atoms. The first-order chi connectivity index (χ1) is 6.95. The number of nitrogens with zero attached hydrogens (tertiary/aromatic N) is 1. The number of anilines is 1. The first-order valence-electron chi connectivity index (χ1n) is 4.69. The summed E-state index contributed by atoms with van der Waals surface area (Å²) >= 11 is 0. The molecule has 4 heteroatoms. The van der Waals surface area contributed by atoms with E-state index in [2.05, 4.69) is 0 Å². The largest absolute Gasteiger partial charge is 0.478 e. The zero-order valence-electron chi connectivity index (χ0n) is 8.99. The third-order valence-electron chi connectivity index (χ3n) is 2.36. The van der Waals surface area contributed by atoms with Crippen LogP contribution in [0.2, 0.25) is 0 Å². The van der Waals surface area contributed by atoms with Crippen LogP contribution in [0.5, 0.6) is 0 Å². The van der Waals surface area contributed by atoms with Crippen molar-refractivity contribution in [3.05, 3.63) is 29.6 Å². The monoisotopic (exact) mass is 211 g/mol. The molecule has 15 heavy (non-hydrogen) atoms. The Bertz CT molecular complexity index is 377. The van der Waals surface area contributed by atoms with Gasteiger partial charge >= 0.3 is 5.97 Å². The fourth-order valence-electron chi connectivity index (χ4n) is 1.30. The third kappa shape index (κ3) is 2.26. The zero-order chi connectivity index (χ0) is 11.6. The second-order valence-corrected chi connectivity index (χ2v) is 3.64. The SMILES string of the molecule is CC(C)N(C)c1cccc(F)c1C(=O)O. The van der Waals surface area contributed by atoms with Crippen molar-refractivity contribution >= 4 is 11.7 Å². The van der Waals surface area contributed by atoms with E-state index in [1.54, 1.807) is 18.0 Å². The topological polar surface area (TPSA) is 40.5 Å². The highest BCUT2D eigenvalue weighted by Gasteiger charge is 2.19. The molecule has 1 aromatic rings. The van der Waals surface area contributed by atoms with Gasteiger partial charge in [-0.1, -0.05) is 6.07 Å². The fourth-order valence-corrected chi connectivity index (χ4v) is 1.30. The molecule has 82 valence electrons. The van der Waals surface area contributed by atoms with E-state index >= 15 is 0 Å². The Morgan fingerprint density at radius 2 is 2.07 bits per heavy atom. The van der Waals surface area contributed by atoms with Crippen molar-refractivity contribution in [2.75, 3.05) is 11.9 Å². The van der Waals surface area contributed by atoms with E-state index in [1.165, 1.54) is 6.07 Å². The molecule has 0 aliphatic heterocycles. The lowest BCUT2D eigenvalue weighted by molar-refractivity contribution is 0.0692. The Hall–Kier alpha value is -1.58. The molecule has 1 N–H and O–H groups in total. The van der Waals surface area contributed by atoms with Crippen LogP contribution in [0.15, 0.2) is 18.2 Å². The van der Waals surface area contributed by atoms with Crippen LogP contribution in [-0.4, -0.2) is 24.2 Å². The quantitative estimate of drug-likeness (QED) is 0.834. The number of carboxylic acids is 1. The van der Waals surface area contributed by atoms with Crippen molar-refractivity contribution in [2.45, 2.75) is 19.9 Å². The normalized spacial score (nSPS) is 10.5. The highest BCUT2D eigenvalue weighted by molar-refractivity contribution is 5.94. The van der Waals surface area contributed by atoms with Gasteiger partial charge in [0.05, 0.1) is 5.69 Å². The maximum atomic E-state index is 13.3. The summed E-state index contributed by atoms with van der Waals surface area (Å²) in [5, 5.41) is 8.91. The Balaban J connectivity index is 3.29. The minimum absolute atomic E-state index is 0.116. The Labute approximate surface area is 88.1 Å². The fraction of sp³-hybridized carbons (Fsp3) is 0.364. The molecule has 1 aromatic carbocycles. The van der Waals surface area contributed by atoms with Crippen LogP contribution >= 0.6 is 0 Å². The van der Waals surface area contributed by atoms with E-state index in [1.807, 2.05) is 13.8 Å². The highest BCUT2D eigenvalue weighted by atomic mass is 19.1. The molecule has 0 aliphatic carbocycles. The van der Waals surface area contributed by atoms with Crippen LogP contribution in [0, 0.1) is 5.82 Å². The zero-order valence-corrected chi connectivity index (χ0v) is 8.99. The summed E-state index contributed by atoms with van der Waals surface area (Å²) in [5.41, 5.74) is 0.131. The summed E-state index contributed by atoms with van der Waals surface area (Å²) < 4.78 is 13.3. The molecule has 0 fully saturated rings. The summed E-state index contributed by atoms with van der Waals surface area (Å²) in [4.78, 5) is 12.6. The van der Waals surface area contributed by atoms with Gasteiger partial charge in [-0.25, -0.2) is 9.18 Å². The lowest BCUT2D eigenvalue weighted by atomic mass is 10.1. The molecule has 0 aromatic heterocycles. The van der Waals surface area contributed by atoms with Crippen LogP contribution < -0.4 is 4.90 Å². The molecule has 0 amide bonds. The smallest absolute Gasteiger partial charge is 0.340 e. The van der Waals surface area contributed by atoms with Crippen molar-refractivity contribution in [3.8, 4) is 0 Å². The molecule has 0 unspecified atom stereocenters. The van der Waals surface area contributed by atoms with Gasteiger partial charge in [0.2, 0.25) is 0 Å². The van der Waals surface area contributed by atoms with E-state index < -0.39 is 11.8 Å². The Morgan fingerprint density at radius 1 is 1.47 bits per heavy atom. The number of hydrogen-bond acceptors (Lipinski definition) is 2. The molecule has 0 saturated carbocycles. The van der Waals surface area contributed by atoms with Crippen LogP contribution in [-0.2, 0) is 0 Å². The van der Waals surface area contributed by atoms with Gasteiger partial charge in [-0.3, -0.25) is 0 Å². The first-order valence-corrected chi connectivity index (χ1v) is 4.69. The van der Waals surface area contributed by atoms with E-state index in [-0.39, 0.29) is 11.6 Å². The van der Waals surface area contributed by atoms with E-state index in [0.29, 0.717) is 5.69 Å². The predicted octanol–water partition coefficient (Wildman–Crippen LogP) is 2.37. The standard InChI is InChI=1S/C11H14FNO2/c1-7(2)13(3)9-6-4-5-8(12)10(9)11(14)15/h4-7H,1-3H3,(H,14,15). The Morgan fingerprint density at radius 3 is 2.53 bits per heavy atom. The number of carbonyl (C=O) groups is 1. The first kappa shape index (κ1) is 11.5. The molecule has 0 radical (unpaired) electrons. The number of aromatic carboxylic acids is 1. The maximum absolute atomic E-state index is 13.3. The van der Waals surface area contributed by atoms with Crippen molar-refractivity contribution in [1.29, 1.82) is 0 Å². The lowest BCUT2D eigenvalue weighted by Gasteiger charge is -2.25. The van der Waals surface area contributed by atoms with Crippen LogP contribution in [0.25, 0.3) is 0 Å². The highest BCUT2D eigenvalue weighted by Crippen LogP contribution is 2.23. The molecular formula is C11H14FNO2. The minimum Gasteiger partial charge on any atom is -0.478 e. The van der Waals surface area contributed by atoms with Gasteiger partial charge in [0, 0.05) is 13.1 Å². The molecular weight excluding hydrogens is 197 g/mol. The molecule has 0 bridgehead atoms. The molecule has 0 heterocycles. The van der Waals surface area contributed by atoms with Crippen LogP contribution in [0.1, 0.15) is 24.2 Å². The summed E-state index contributed by atoms with van der Waals surface area (Å²) in [6.07, 6.45) is 0. The summed E-state index contributed by atoms with van der Waals surface area (Å²) in [6.45, 7) is 3.83. The number of benzene rings is 1. The van der Waals surface area contributed by atoms with Gasteiger partial charge in [0.15, 0.2) is 0 Å². The predicted molar refractivity (Wildman–Crippen MR) is 56.9 cm³/mol. The van der Waals surface area contributed by atoms with Crippen molar-refractivity contribution < 1.29 is 14.3 Å². The van der Waals surface area contributed by atoms with Gasteiger partial charge in [0.25, 0.3) is 0 Å². The average molecular weight is 211 g/mol. The van der Waals surface area contributed by atoms with Crippen LogP contribution in [0.4, 0.5) is 10.1 Å². The molecule has 3 nitrogen and oxygen atoms in total. The van der Waals surface area contributed by atoms with Crippen molar-refractivity contribution in [2.24, 2.45) is 0 Å². The number of rotatable bonds is 3. The maximum Gasteiger partial charge on any atom is 0.340 e. The minimum atomic E-state index is -1.24. The van der Waals surface area contributed by atoms with Gasteiger partial charge < -0.3 is 10.0 Å². The van der Waals surface area contributed by atoms with Gasteiger partial charge in [0.1, 0.15) is 11.4 Å². The van der Waals surface area contributed by atoms with Gasteiger partial charge in [-0.15, -0.1) is 0 Å². The van der Waals surface area contributed by atoms with Crippen LogP contribution in [0.3, 0.4) is 0 Å². The second kappa shape index (κ2) is 4.29. The van der Waals surface area contributed by atoms with E-state index in [0.717, 1.165) is 6.07 Å². The number of hydrogen-bond donors (Lipinski definition) is 1.